The van der Waals surface area contributed by atoms with E-state index in [1.165, 1.54) is 15.2 Å². The highest BCUT2D eigenvalue weighted by molar-refractivity contribution is 7.89. The van der Waals surface area contributed by atoms with E-state index in [2.05, 4.69) is 9.88 Å². The first-order valence-electron chi connectivity index (χ1n) is 5.81. The largest absolute Gasteiger partial charge is 0.381 e. The number of hydrogen-bond acceptors (Lipinski definition) is 5. The summed E-state index contributed by atoms with van der Waals surface area (Å²) in [5.74, 6) is 0.0593. The maximum Gasteiger partial charge on any atom is 0.262 e. The summed E-state index contributed by atoms with van der Waals surface area (Å²) >= 11 is 0. The zero-order valence-corrected chi connectivity index (χ0v) is 11.7. The highest BCUT2D eigenvalue weighted by Gasteiger charge is 2.34. The smallest absolute Gasteiger partial charge is 0.262 e. The van der Waals surface area contributed by atoms with E-state index >= 15 is 0 Å². The molecule has 2 N–H and O–H groups in total. The Morgan fingerprint density at radius 1 is 1.39 bits per heavy atom. The number of nitrogens with zero attached hydrogens (tertiary/aromatic N) is 4. The minimum Gasteiger partial charge on any atom is -0.381 e. The van der Waals surface area contributed by atoms with Crippen LogP contribution in [-0.4, -0.2) is 59.9 Å². The molecule has 2 rings (SSSR count). The maximum absolute atomic E-state index is 12.5. The van der Waals surface area contributed by atoms with Gasteiger partial charge in [-0.05, 0) is 14.0 Å². The molecule has 1 aliphatic heterocycles. The predicted molar refractivity (Wildman–Crippen MR) is 68.5 cm³/mol. The summed E-state index contributed by atoms with van der Waals surface area (Å²) in [4.78, 5) is 5.97. The molecule has 0 radical (unpaired) electrons. The van der Waals surface area contributed by atoms with Gasteiger partial charge in [-0.15, -0.1) is 0 Å². The minimum atomic E-state index is -3.55. The van der Waals surface area contributed by atoms with Gasteiger partial charge in [0.1, 0.15) is 0 Å². The van der Waals surface area contributed by atoms with E-state index in [-0.39, 0.29) is 16.9 Å². The molecule has 0 aromatic carbocycles. The van der Waals surface area contributed by atoms with Crippen LogP contribution in [0.2, 0.25) is 0 Å². The Kier molecular flexibility index (Phi) is 3.35. The van der Waals surface area contributed by atoms with Crippen LogP contribution in [0.25, 0.3) is 0 Å². The molecule has 0 saturated carbocycles. The Hall–Kier alpha value is -1.12. The highest BCUT2D eigenvalue weighted by Crippen LogP contribution is 2.22. The number of likely N-dealkylation sites (N-methyl/N-ethyl adjacent to an activating group) is 1. The third-order valence-electron chi connectivity index (χ3n) is 3.42. The maximum atomic E-state index is 12.5. The fraction of sp³-hybridized carbons (Fsp3) is 0.700. The number of aryl methyl sites for hydroxylation is 1. The first-order valence-corrected chi connectivity index (χ1v) is 7.25. The molecular weight excluding hydrogens is 254 g/mol. The Labute approximate surface area is 107 Å². The molecule has 102 valence electrons. The van der Waals surface area contributed by atoms with Crippen LogP contribution >= 0.6 is 0 Å². The molecule has 0 aliphatic carbocycles. The van der Waals surface area contributed by atoms with Crippen LogP contribution in [-0.2, 0) is 17.1 Å². The van der Waals surface area contributed by atoms with Crippen LogP contribution in [0.5, 0.6) is 0 Å². The molecule has 1 aliphatic rings. The molecule has 1 unspecified atom stereocenters. The van der Waals surface area contributed by atoms with Crippen LogP contribution in [0, 0.1) is 0 Å². The summed E-state index contributed by atoms with van der Waals surface area (Å²) in [6, 6.07) is 0.197. The van der Waals surface area contributed by atoms with E-state index in [0.717, 1.165) is 6.54 Å². The molecule has 18 heavy (non-hydrogen) atoms. The summed E-state index contributed by atoms with van der Waals surface area (Å²) < 4.78 is 27.9. The summed E-state index contributed by atoms with van der Waals surface area (Å²) in [5, 5.41) is 0.0826. The quantitative estimate of drug-likeness (QED) is 0.772. The third-order valence-corrected chi connectivity index (χ3v) is 5.41. The lowest BCUT2D eigenvalue weighted by Crippen LogP contribution is -2.52. The third kappa shape index (κ3) is 2.11. The average Bonchev–Trinajstić information content (AvgIpc) is 2.62. The molecule has 8 heteroatoms. The molecule has 1 fully saturated rings. The molecule has 7 nitrogen and oxygen atoms in total. The molecule has 0 spiro atoms. The van der Waals surface area contributed by atoms with E-state index in [1.54, 1.807) is 7.05 Å². The summed E-state index contributed by atoms with van der Waals surface area (Å²) in [6.07, 6.45) is 1.42. The van der Waals surface area contributed by atoms with Crippen molar-refractivity contribution in [2.45, 2.75) is 18.0 Å². The van der Waals surface area contributed by atoms with Crippen molar-refractivity contribution in [3.05, 3.63) is 6.33 Å². The Morgan fingerprint density at radius 2 is 2.06 bits per heavy atom. The Morgan fingerprint density at radius 3 is 2.56 bits per heavy atom. The van der Waals surface area contributed by atoms with E-state index in [0.29, 0.717) is 13.1 Å². The van der Waals surface area contributed by atoms with E-state index < -0.39 is 10.0 Å². The van der Waals surface area contributed by atoms with Crippen molar-refractivity contribution in [1.82, 2.24) is 18.8 Å². The van der Waals surface area contributed by atoms with Gasteiger partial charge in [-0.3, -0.25) is 0 Å². The van der Waals surface area contributed by atoms with E-state index in [4.69, 9.17) is 5.73 Å². The van der Waals surface area contributed by atoms with Gasteiger partial charge in [0.25, 0.3) is 10.0 Å². The van der Waals surface area contributed by atoms with Gasteiger partial charge in [0.2, 0.25) is 0 Å². The van der Waals surface area contributed by atoms with Gasteiger partial charge in [-0.25, -0.2) is 13.4 Å². The summed E-state index contributed by atoms with van der Waals surface area (Å²) in [5.41, 5.74) is 5.65. The number of piperazine rings is 1. The van der Waals surface area contributed by atoms with Gasteiger partial charge in [0.15, 0.2) is 10.8 Å². The van der Waals surface area contributed by atoms with Gasteiger partial charge >= 0.3 is 0 Å². The number of anilines is 1. The van der Waals surface area contributed by atoms with Crippen molar-refractivity contribution >= 4 is 15.8 Å². The van der Waals surface area contributed by atoms with Gasteiger partial charge < -0.3 is 15.2 Å². The average molecular weight is 273 g/mol. The molecule has 1 atom stereocenters. The minimum absolute atomic E-state index is 0.0593. The SMILES string of the molecule is CC1CN(S(=O)(=O)c2c(N)ncn2C)CCN1C. The van der Waals surface area contributed by atoms with Gasteiger partial charge in [0.05, 0.1) is 6.33 Å². The topological polar surface area (TPSA) is 84.5 Å². The zero-order chi connectivity index (χ0) is 13.5. The van der Waals surface area contributed by atoms with E-state index in [9.17, 15) is 8.42 Å². The van der Waals surface area contributed by atoms with Crippen molar-refractivity contribution in [1.29, 1.82) is 0 Å². The lowest BCUT2D eigenvalue weighted by Gasteiger charge is -2.36. The molecule has 0 amide bonds. The fourth-order valence-corrected chi connectivity index (χ4v) is 3.81. The van der Waals surface area contributed by atoms with Crippen molar-refractivity contribution < 1.29 is 8.42 Å². The normalized spacial score (nSPS) is 23.4. The summed E-state index contributed by atoms with van der Waals surface area (Å²) in [6.45, 7) is 3.68. The standard InChI is InChI=1S/C10H19N5O2S/c1-8-6-15(5-4-13(8)2)18(16,17)10-9(11)12-7-14(10)3/h7-8H,4-6,11H2,1-3H3. The van der Waals surface area contributed by atoms with Crippen LogP contribution < -0.4 is 5.73 Å². The van der Waals surface area contributed by atoms with Crippen molar-refractivity contribution in [2.24, 2.45) is 7.05 Å². The number of nitrogen functional groups attached to an aromatic ring is 1. The second-order valence-corrected chi connectivity index (χ2v) is 6.59. The first kappa shape index (κ1) is 13.3. The number of aromatic nitrogens is 2. The number of nitrogens with two attached hydrogens (primary N) is 1. The Bertz CT molecular complexity index is 519. The molecular formula is C10H19N5O2S. The van der Waals surface area contributed by atoms with Crippen molar-refractivity contribution in [2.75, 3.05) is 32.4 Å². The van der Waals surface area contributed by atoms with Crippen LogP contribution in [0.3, 0.4) is 0 Å². The van der Waals surface area contributed by atoms with Gasteiger partial charge in [0, 0.05) is 32.7 Å². The predicted octanol–water partition coefficient (Wildman–Crippen LogP) is -0.673. The summed E-state index contributed by atoms with van der Waals surface area (Å²) in [7, 11) is 0.0735. The van der Waals surface area contributed by atoms with Crippen LogP contribution in [0.4, 0.5) is 5.82 Å². The first-order chi connectivity index (χ1) is 8.34. The number of rotatable bonds is 2. The number of hydrogen-bond donors (Lipinski definition) is 1. The van der Waals surface area contributed by atoms with Gasteiger partial charge in [-0.2, -0.15) is 4.31 Å². The van der Waals surface area contributed by atoms with E-state index in [1.807, 2.05) is 14.0 Å². The lowest BCUT2D eigenvalue weighted by atomic mass is 10.2. The highest BCUT2D eigenvalue weighted by atomic mass is 32.2. The monoisotopic (exact) mass is 273 g/mol. The number of imidazole rings is 1. The molecule has 1 saturated heterocycles. The zero-order valence-electron chi connectivity index (χ0n) is 10.9. The van der Waals surface area contributed by atoms with Crippen LogP contribution in [0.1, 0.15) is 6.92 Å². The van der Waals surface area contributed by atoms with Crippen molar-refractivity contribution in [3.63, 3.8) is 0 Å². The van der Waals surface area contributed by atoms with Crippen molar-refractivity contribution in [3.8, 4) is 0 Å². The molecule has 2 heterocycles. The fourth-order valence-electron chi connectivity index (χ4n) is 2.11. The second kappa shape index (κ2) is 4.52. The Balaban J connectivity index is 2.33. The molecule has 1 aromatic heterocycles. The number of sulfonamides is 1. The second-order valence-electron chi connectivity index (χ2n) is 4.74. The van der Waals surface area contributed by atoms with Gasteiger partial charge in [-0.1, -0.05) is 0 Å². The molecule has 0 bridgehead atoms. The van der Waals surface area contributed by atoms with Crippen LogP contribution in [0.15, 0.2) is 11.4 Å². The lowest BCUT2D eigenvalue weighted by molar-refractivity contribution is 0.159. The molecule has 1 aromatic rings.